The monoisotopic (exact) mass is 689 g/mol. The molecule has 10 rings (SSSR count). The van der Waals surface area contributed by atoms with E-state index in [1.54, 1.807) is 0 Å². The zero-order valence-corrected chi connectivity index (χ0v) is 29.6. The van der Waals surface area contributed by atoms with Gasteiger partial charge in [0.15, 0.2) is 0 Å². The molecule has 0 aliphatic carbocycles. The van der Waals surface area contributed by atoms with Crippen molar-refractivity contribution in [3.8, 4) is 44.5 Å². The largest absolute Gasteiger partial charge is 0.455 e. The molecule has 0 aliphatic rings. The van der Waals surface area contributed by atoms with Crippen molar-refractivity contribution < 1.29 is 4.42 Å². The Labute approximate surface area is 314 Å². The Morgan fingerprint density at radius 1 is 0.296 bits per heavy atom. The number of fused-ring (bicyclic) bond motifs is 4. The number of benzene rings is 9. The Morgan fingerprint density at radius 2 is 0.778 bits per heavy atom. The molecule has 1 aromatic heterocycles. The third-order valence-corrected chi connectivity index (χ3v) is 10.5. The van der Waals surface area contributed by atoms with Crippen LogP contribution in [0.2, 0.25) is 0 Å². The van der Waals surface area contributed by atoms with Gasteiger partial charge in [-0.3, -0.25) is 0 Å². The molecule has 0 spiro atoms. The van der Waals surface area contributed by atoms with Crippen LogP contribution in [0.1, 0.15) is 0 Å². The lowest BCUT2D eigenvalue weighted by atomic mass is 9.97. The molecule has 0 aliphatic heterocycles. The van der Waals surface area contributed by atoms with Crippen LogP contribution in [0.5, 0.6) is 0 Å². The normalized spacial score (nSPS) is 11.3. The van der Waals surface area contributed by atoms with Crippen molar-refractivity contribution in [1.82, 2.24) is 0 Å². The molecule has 2 nitrogen and oxygen atoms in total. The minimum Gasteiger partial charge on any atom is -0.455 e. The number of hydrogen-bond acceptors (Lipinski definition) is 2. The fraction of sp³-hybridized carbons (Fsp3) is 0. The van der Waals surface area contributed by atoms with Gasteiger partial charge in [0, 0.05) is 33.4 Å². The van der Waals surface area contributed by atoms with Crippen molar-refractivity contribution in [2.45, 2.75) is 0 Å². The van der Waals surface area contributed by atoms with Crippen LogP contribution in [-0.2, 0) is 0 Å². The molecule has 254 valence electrons. The third kappa shape index (κ3) is 5.71. The fourth-order valence-electron chi connectivity index (χ4n) is 7.79. The zero-order chi connectivity index (χ0) is 35.8. The van der Waals surface area contributed by atoms with E-state index in [9.17, 15) is 0 Å². The first-order valence-corrected chi connectivity index (χ1v) is 18.4. The summed E-state index contributed by atoms with van der Waals surface area (Å²) >= 11 is 0. The summed E-state index contributed by atoms with van der Waals surface area (Å²) < 4.78 is 6.39. The molecule has 0 saturated heterocycles. The summed E-state index contributed by atoms with van der Waals surface area (Å²) in [4.78, 5) is 2.34. The Bertz CT molecular complexity index is 2900. The van der Waals surface area contributed by atoms with Crippen LogP contribution in [0.25, 0.3) is 77.2 Å². The number of rotatable bonds is 7. The van der Waals surface area contributed by atoms with Crippen LogP contribution in [0.4, 0.5) is 17.1 Å². The van der Waals surface area contributed by atoms with Gasteiger partial charge < -0.3 is 9.32 Å². The SMILES string of the molecule is c1ccc(-c2ccc(N(c3ccc(-c4cccc(-c5cccc6c5oc5ccccc56)c4)cc3)c3ccc(-c4cccc5ccccc45)cc3)cc2)cc1. The molecule has 9 aromatic carbocycles. The summed E-state index contributed by atoms with van der Waals surface area (Å²) in [5.41, 5.74) is 14.5. The second-order valence-corrected chi connectivity index (χ2v) is 13.7. The van der Waals surface area contributed by atoms with Gasteiger partial charge >= 0.3 is 0 Å². The van der Waals surface area contributed by atoms with Gasteiger partial charge in [-0.15, -0.1) is 0 Å². The zero-order valence-electron chi connectivity index (χ0n) is 29.6. The van der Waals surface area contributed by atoms with Gasteiger partial charge in [-0.25, -0.2) is 0 Å². The molecular formula is C52H35NO. The first kappa shape index (κ1) is 31.6. The van der Waals surface area contributed by atoms with E-state index in [4.69, 9.17) is 4.42 Å². The molecule has 0 radical (unpaired) electrons. The Morgan fingerprint density at radius 3 is 1.52 bits per heavy atom. The van der Waals surface area contributed by atoms with Crippen molar-refractivity contribution in [3.63, 3.8) is 0 Å². The molecule has 54 heavy (non-hydrogen) atoms. The Balaban J connectivity index is 1.02. The highest BCUT2D eigenvalue weighted by Gasteiger charge is 2.16. The molecule has 0 N–H and O–H groups in total. The van der Waals surface area contributed by atoms with Gasteiger partial charge in [-0.2, -0.15) is 0 Å². The van der Waals surface area contributed by atoms with Gasteiger partial charge in [0.1, 0.15) is 11.2 Å². The smallest absolute Gasteiger partial charge is 0.143 e. The second-order valence-electron chi connectivity index (χ2n) is 13.7. The lowest BCUT2D eigenvalue weighted by Crippen LogP contribution is -2.09. The van der Waals surface area contributed by atoms with E-state index in [0.717, 1.165) is 61.3 Å². The molecule has 0 amide bonds. The summed E-state index contributed by atoms with van der Waals surface area (Å²) in [5, 5.41) is 4.79. The van der Waals surface area contributed by atoms with Crippen LogP contribution in [0.15, 0.2) is 217 Å². The van der Waals surface area contributed by atoms with E-state index in [1.807, 2.05) is 12.1 Å². The van der Waals surface area contributed by atoms with Gasteiger partial charge in [-0.1, -0.05) is 164 Å². The van der Waals surface area contributed by atoms with Gasteiger partial charge in [0.05, 0.1) is 0 Å². The number of anilines is 3. The summed E-state index contributed by atoms with van der Waals surface area (Å²) in [5.74, 6) is 0. The van der Waals surface area contributed by atoms with Crippen LogP contribution >= 0.6 is 0 Å². The first-order chi connectivity index (χ1) is 26.8. The Kier molecular flexibility index (Phi) is 7.85. The maximum absolute atomic E-state index is 6.39. The average Bonchev–Trinajstić information content (AvgIpc) is 3.64. The highest BCUT2D eigenvalue weighted by molar-refractivity contribution is 6.09. The average molecular weight is 690 g/mol. The van der Waals surface area contributed by atoms with Crippen LogP contribution in [0, 0.1) is 0 Å². The van der Waals surface area contributed by atoms with Crippen molar-refractivity contribution in [1.29, 1.82) is 0 Å². The minimum absolute atomic E-state index is 0.911. The van der Waals surface area contributed by atoms with E-state index in [-0.39, 0.29) is 0 Å². The minimum atomic E-state index is 0.911. The predicted octanol–water partition coefficient (Wildman–Crippen LogP) is 14.9. The van der Waals surface area contributed by atoms with E-state index < -0.39 is 0 Å². The second kappa shape index (κ2) is 13.4. The van der Waals surface area contributed by atoms with Crippen LogP contribution < -0.4 is 4.90 Å². The first-order valence-electron chi connectivity index (χ1n) is 18.4. The van der Waals surface area contributed by atoms with Crippen molar-refractivity contribution in [2.24, 2.45) is 0 Å². The Hall–Kier alpha value is -7.16. The molecule has 10 aromatic rings. The van der Waals surface area contributed by atoms with Crippen LogP contribution in [0.3, 0.4) is 0 Å². The summed E-state index contributed by atoms with van der Waals surface area (Å²) in [6, 6.07) is 75.8. The molecule has 0 saturated carbocycles. The van der Waals surface area contributed by atoms with Gasteiger partial charge in [-0.05, 0) is 98.2 Å². The van der Waals surface area contributed by atoms with E-state index in [0.29, 0.717) is 0 Å². The highest BCUT2D eigenvalue weighted by Crippen LogP contribution is 2.40. The molecule has 0 atom stereocenters. The summed E-state index contributed by atoms with van der Waals surface area (Å²) in [6.45, 7) is 0. The predicted molar refractivity (Wildman–Crippen MR) is 228 cm³/mol. The fourth-order valence-corrected chi connectivity index (χ4v) is 7.79. The number of para-hydroxylation sites is 2. The van der Waals surface area contributed by atoms with E-state index >= 15 is 0 Å². The topological polar surface area (TPSA) is 16.4 Å². The standard InChI is InChI=1S/C52H35NO/c1-2-11-36(12-3-1)37-23-29-43(30-24-37)53(45-33-27-40(28-34-45)47-19-9-14-39-13-4-5-17-46(39)47)44-31-25-38(26-32-44)41-15-8-16-42(35-41)48-20-10-21-50-49-18-6-7-22-51(49)54-52(48)50/h1-35H. The van der Waals surface area contributed by atoms with Gasteiger partial charge in [0.25, 0.3) is 0 Å². The molecule has 2 heteroatoms. The van der Waals surface area contributed by atoms with Crippen molar-refractivity contribution in [3.05, 3.63) is 212 Å². The lowest BCUT2D eigenvalue weighted by Gasteiger charge is -2.26. The number of hydrogen-bond donors (Lipinski definition) is 0. The maximum Gasteiger partial charge on any atom is 0.143 e. The summed E-state index contributed by atoms with van der Waals surface area (Å²) in [7, 11) is 0. The number of furan rings is 1. The van der Waals surface area contributed by atoms with E-state index in [2.05, 4.69) is 205 Å². The van der Waals surface area contributed by atoms with Crippen molar-refractivity contribution >= 4 is 49.8 Å². The molecular weight excluding hydrogens is 655 g/mol. The molecule has 1 heterocycles. The van der Waals surface area contributed by atoms with Crippen molar-refractivity contribution in [2.75, 3.05) is 4.90 Å². The molecule has 0 fully saturated rings. The lowest BCUT2D eigenvalue weighted by molar-refractivity contribution is 0.670. The van der Waals surface area contributed by atoms with E-state index in [1.165, 1.54) is 33.0 Å². The van der Waals surface area contributed by atoms with Crippen LogP contribution in [-0.4, -0.2) is 0 Å². The van der Waals surface area contributed by atoms with Gasteiger partial charge in [0.2, 0.25) is 0 Å². The maximum atomic E-state index is 6.39. The quantitative estimate of drug-likeness (QED) is 0.166. The molecule has 0 bridgehead atoms. The molecule has 0 unspecified atom stereocenters. The number of nitrogens with zero attached hydrogens (tertiary/aromatic N) is 1. The highest BCUT2D eigenvalue weighted by atomic mass is 16.3. The third-order valence-electron chi connectivity index (χ3n) is 10.5. The summed E-state index contributed by atoms with van der Waals surface area (Å²) in [6.07, 6.45) is 0.